The van der Waals surface area contributed by atoms with Crippen molar-refractivity contribution in [3.8, 4) is 5.75 Å². The van der Waals surface area contributed by atoms with Gasteiger partial charge in [0.05, 0.1) is 17.8 Å². The van der Waals surface area contributed by atoms with Gasteiger partial charge in [0.25, 0.3) is 0 Å². The Bertz CT molecular complexity index is 894. The second-order valence-corrected chi connectivity index (χ2v) is 6.54. The summed E-state index contributed by atoms with van der Waals surface area (Å²) in [5.74, 6) is 1.06. The minimum Gasteiger partial charge on any atom is -0.488 e. The molecule has 3 aromatic rings. The quantitative estimate of drug-likeness (QED) is 0.698. The van der Waals surface area contributed by atoms with E-state index in [1.165, 1.54) is 12.3 Å². The van der Waals surface area contributed by atoms with Gasteiger partial charge in [-0.15, -0.1) is 0 Å². The lowest BCUT2D eigenvalue weighted by Gasteiger charge is -2.30. The van der Waals surface area contributed by atoms with Crippen LogP contribution in [0.15, 0.2) is 42.9 Å². The molecule has 26 heavy (non-hydrogen) atoms. The molecule has 4 rings (SSSR count). The van der Waals surface area contributed by atoms with Crippen LogP contribution in [0.1, 0.15) is 25.7 Å². The van der Waals surface area contributed by atoms with Crippen LogP contribution in [0.3, 0.4) is 0 Å². The molecule has 2 heterocycles. The minimum atomic E-state index is -0.329. The molecule has 0 saturated heterocycles. The standard InChI is InChI=1S/C19H20FN5O/c20-12-1-6-18(24-11-12)25-14-2-4-15(5-3-14)26-17-10-13(21)9-16-19(17)23-8-7-22-16/h1,6-11,14-15H,2-5,21H2,(H,24,25). The molecule has 3 N–H and O–H groups in total. The van der Waals surface area contributed by atoms with Crippen molar-refractivity contribution in [3.63, 3.8) is 0 Å². The molecule has 2 aromatic heterocycles. The number of halogens is 1. The lowest BCUT2D eigenvalue weighted by Crippen LogP contribution is -2.31. The lowest BCUT2D eigenvalue weighted by atomic mass is 9.93. The number of nitrogens with two attached hydrogens (primary N) is 1. The van der Waals surface area contributed by atoms with Crippen molar-refractivity contribution in [2.24, 2.45) is 0 Å². The fourth-order valence-corrected chi connectivity index (χ4v) is 3.33. The molecular formula is C19H20FN5O. The summed E-state index contributed by atoms with van der Waals surface area (Å²) < 4.78 is 19.1. The molecule has 0 amide bonds. The molecule has 0 spiro atoms. The Morgan fingerprint density at radius 1 is 1.04 bits per heavy atom. The van der Waals surface area contributed by atoms with Gasteiger partial charge in [-0.1, -0.05) is 0 Å². The van der Waals surface area contributed by atoms with Gasteiger partial charge in [-0.2, -0.15) is 0 Å². The van der Waals surface area contributed by atoms with Gasteiger partial charge in [0.2, 0.25) is 0 Å². The van der Waals surface area contributed by atoms with Crippen molar-refractivity contribution in [1.29, 1.82) is 0 Å². The summed E-state index contributed by atoms with van der Waals surface area (Å²) in [6, 6.07) is 6.99. The lowest BCUT2D eigenvalue weighted by molar-refractivity contribution is 0.152. The molecule has 1 aliphatic carbocycles. The van der Waals surface area contributed by atoms with E-state index in [1.54, 1.807) is 24.5 Å². The first-order valence-corrected chi connectivity index (χ1v) is 8.72. The number of ether oxygens (including phenoxy) is 1. The number of pyridine rings is 1. The smallest absolute Gasteiger partial charge is 0.149 e. The second kappa shape index (κ2) is 7.11. The van der Waals surface area contributed by atoms with Crippen LogP contribution in [0.25, 0.3) is 11.0 Å². The van der Waals surface area contributed by atoms with E-state index >= 15 is 0 Å². The zero-order valence-electron chi connectivity index (χ0n) is 14.2. The molecule has 1 aromatic carbocycles. The van der Waals surface area contributed by atoms with E-state index in [4.69, 9.17) is 10.5 Å². The summed E-state index contributed by atoms with van der Waals surface area (Å²) in [4.78, 5) is 12.7. The van der Waals surface area contributed by atoms with Crippen molar-refractivity contribution >= 4 is 22.5 Å². The fraction of sp³-hybridized carbons (Fsp3) is 0.316. The van der Waals surface area contributed by atoms with Gasteiger partial charge in [-0.3, -0.25) is 4.98 Å². The van der Waals surface area contributed by atoms with E-state index < -0.39 is 0 Å². The van der Waals surface area contributed by atoms with Crippen LogP contribution in [0.5, 0.6) is 5.75 Å². The van der Waals surface area contributed by atoms with Crippen LogP contribution in [0, 0.1) is 5.82 Å². The third-order valence-corrected chi connectivity index (χ3v) is 4.61. The first kappa shape index (κ1) is 16.5. The maximum absolute atomic E-state index is 12.9. The summed E-state index contributed by atoms with van der Waals surface area (Å²) >= 11 is 0. The Labute approximate surface area is 150 Å². The van der Waals surface area contributed by atoms with E-state index in [1.807, 2.05) is 6.07 Å². The predicted octanol–water partition coefficient (Wildman–Crippen LogP) is 3.55. The molecule has 0 unspecified atom stereocenters. The van der Waals surface area contributed by atoms with Gasteiger partial charge in [0.1, 0.15) is 22.9 Å². The fourth-order valence-electron chi connectivity index (χ4n) is 3.33. The molecular weight excluding hydrogens is 333 g/mol. The van der Waals surface area contributed by atoms with E-state index in [0.29, 0.717) is 23.3 Å². The number of rotatable bonds is 4. The van der Waals surface area contributed by atoms with E-state index in [-0.39, 0.29) is 11.9 Å². The summed E-state index contributed by atoms with van der Waals surface area (Å²) in [7, 11) is 0. The summed E-state index contributed by atoms with van der Waals surface area (Å²) in [5.41, 5.74) is 8.04. The van der Waals surface area contributed by atoms with Crippen molar-refractivity contribution < 1.29 is 9.13 Å². The SMILES string of the molecule is Nc1cc(OC2CCC(Nc3ccc(F)cn3)CC2)c2nccnc2c1. The van der Waals surface area contributed by atoms with Crippen LogP contribution in [0.2, 0.25) is 0 Å². The largest absolute Gasteiger partial charge is 0.488 e. The van der Waals surface area contributed by atoms with Crippen LogP contribution in [-0.2, 0) is 0 Å². The monoisotopic (exact) mass is 353 g/mol. The maximum atomic E-state index is 12.9. The first-order chi connectivity index (χ1) is 12.7. The highest BCUT2D eigenvalue weighted by Crippen LogP contribution is 2.30. The Morgan fingerprint density at radius 2 is 1.85 bits per heavy atom. The summed E-state index contributed by atoms with van der Waals surface area (Å²) in [6.45, 7) is 0. The highest BCUT2D eigenvalue weighted by Gasteiger charge is 2.23. The van der Waals surface area contributed by atoms with E-state index in [0.717, 1.165) is 36.7 Å². The number of fused-ring (bicyclic) bond motifs is 1. The molecule has 0 bridgehead atoms. The molecule has 1 saturated carbocycles. The third-order valence-electron chi connectivity index (χ3n) is 4.61. The molecule has 0 aliphatic heterocycles. The van der Waals surface area contributed by atoms with Crippen molar-refractivity contribution in [1.82, 2.24) is 15.0 Å². The predicted molar refractivity (Wildman–Crippen MR) is 98.4 cm³/mol. The molecule has 134 valence electrons. The van der Waals surface area contributed by atoms with Gasteiger partial charge in [0, 0.05) is 30.2 Å². The third kappa shape index (κ3) is 3.66. The van der Waals surface area contributed by atoms with Gasteiger partial charge < -0.3 is 15.8 Å². The number of nitrogens with one attached hydrogen (secondary N) is 1. The Morgan fingerprint density at radius 3 is 2.62 bits per heavy atom. The first-order valence-electron chi connectivity index (χ1n) is 8.72. The number of nitrogen functional groups attached to an aromatic ring is 1. The summed E-state index contributed by atoms with van der Waals surface area (Å²) in [5, 5.41) is 3.36. The molecule has 1 fully saturated rings. The number of anilines is 2. The number of hydrogen-bond donors (Lipinski definition) is 2. The van der Waals surface area contributed by atoms with Crippen molar-refractivity contribution in [2.75, 3.05) is 11.1 Å². The Kier molecular flexibility index (Phi) is 4.51. The molecule has 6 nitrogen and oxygen atoms in total. The Hall–Kier alpha value is -2.96. The molecule has 1 aliphatic rings. The van der Waals surface area contributed by atoms with Crippen molar-refractivity contribution in [3.05, 3.63) is 48.7 Å². The number of hydrogen-bond acceptors (Lipinski definition) is 6. The Balaban J connectivity index is 1.39. The average Bonchev–Trinajstić information content (AvgIpc) is 2.65. The number of aromatic nitrogens is 3. The average molecular weight is 353 g/mol. The topological polar surface area (TPSA) is 86.0 Å². The van der Waals surface area contributed by atoms with Gasteiger partial charge in [0.15, 0.2) is 0 Å². The highest BCUT2D eigenvalue weighted by atomic mass is 19.1. The minimum absolute atomic E-state index is 0.112. The normalized spacial score (nSPS) is 20.0. The second-order valence-electron chi connectivity index (χ2n) is 6.54. The van der Waals surface area contributed by atoms with Crippen LogP contribution < -0.4 is 15.8 Å². The van der Waals surface area contributed by atoms with Crippen LogP contribution in [-0.4, -0.2) is 27.1 Å². The summed E-state index contributed by atoms with van der Waals surface area (Å²) in [6.07, 6.45) is 8.37. The van der Waals surface area contributed by atoms with E-state index in [2.05, 4.69) is 20.3 Å². The molecule has 0 atom stereocenters. The number of nitrogens with zero attached hydrogens (tertiary/aromatic N) is 3. The van der Waals surface area contributed by atoms with Crippen LogP contribution >= 0.6 is 0 Å². The maximum Gasteiger partial charge on any atom is 0.149 e. The van der Waals surface area contributed by atoms with Gasteiger partial charge in [-0.25, -0.2) is 14.4 Å². The van der Waals surface area contributed by atoms with Gasteiger partial charge >= 0.3 is 0 Å². The van der Waals surface area contributed by atoms with Crippen molar-refractivity contribution in [2.45, 2.75) is 37.8 Å². The van der Waals surface area contributed by atoms with E-state index in [9.17, 15) is 4.39 Å². The number of benzene rings is 1. The zero-order valence-corrected chi connectivity index (χ0v) is 14.2. The zero-order chi connectivity index (χ0) is 17.9. The van der Waals surface area contributed by atoms with Gasteiger partial charge in [-0.05, 0) is 43.9 Å². The molecule has 7 heteroatoms. The molecule has 0 radical (unpaired) electrons. The van der Waals surface area contributed by atoms with Crippen LogP contribution in [0.4, 0.5) is 15.9 Å². The highest BCUT2D eigenvalue weighted by molar-refractivity contribution is 5.84.